The number of carbonyl (C=O) groups excluding carboxylic acids is 3. The van der Waals surface area contributed by atoms with Gasteiger partial charge in [0.1, 0.15) is 5.75 Å². The van der Waals surface area contributed by atoms with Crippen LogP contribution < -0.4 is 10.1 Å². The Bertz CT molecular complexity index is 1160. The van der Waals surface area contributed by atoms with Gasteiger partial charge >= 0.3 is 6.36 Å². The predicted octanol–water partition coefficient (Wildman–Crippen LogP) is 4.75. The van der Waals surface area contributed by atoms with Gasteiger partial charge in [0.25, 0.3) is 11.8 Å². The molecule has 3 amide bonds. The SMILES string of the molecule is O=C(CCCN1C(=O)c2cccc3cccc(c23)C1=O)Nc1ccc(OC(F)(F)F)cc1. The van der Waals surface area contributed by atoms with Crippen LogP contribution in [0.15, 0.2) is 60.7 Å². The predicted molar refractivity (Wildman–Crippen MR) is 110 cm³/mol. The number of nitrogens with one attached hydrogen (secondary N) is 1. The van der Waals surface area contributed by atoms with Crippen molar-refractivity contribution in [1.82, 2.24) is 4.90 Å². The van der Waals surface area contributed by atoms with E-state index in [0.29, 0.717) is 22.2 Å². The normalized spacial score (nSPS) is 13.4. The lowest BCUT2D eigenvalue weighted by atomic mass is 9.94. The molecule has 0 aliphatic carbocycles. The van der Waals surface area contributed by atoms with E-state index in [-0.39, 0.29) is 19.4 Å². The lowest BCUT2D eigenvalue weighted by Gasteiger charge is -2.27. The molecule has 1 heterocycles. The van der Waals surface area contributed by atoms with Gasteiger partial charge in [-0.05, 0) is 48.2 Å². The van der Waals surface area contributed by atoms with Crippen LogP contribution in [0.25, 0.3) is 10.8 Å². The minimum atomic E-state index is -4.79. The Morgan fingerprint density at radius 3 is 2.06 bits per heavy atom. The number of nitrogens with zero attached hydrogens (tertiary/aromatic N) is 1. The monoisotopic (exact) mass is 442 g/mol. The minimum absolute atomic E-state index is 0.0176. The summed E-state index contributed by atoms with van der Waals surface area (Å²) in [7, 11) is 0. The van der Waals surface area contributed by atoms with Crippen molar-refractivity contribution in [2.45, 2.75) is 19.2 Å². The van der Waals surface area contributed by atoms with Crippen molar-refractivity contribution >= 4 is 34.2 Å². The van der Waals surface area contributed by atoms with Crippen LogP contribution in [-0.4, -0.2) is 35.5 Å². The summed E-state index contributed by atoms with van der Waals surface area (Å²) in [6.45, 7) is 0.0637. The number of halogens is 3. The molecule has 0 unspecified atom stereocenters. The van der Waals surface area contributed by atoms with Crippen LogP contribution in [0.3, 0.4) is 0 Å². The maximum Gasteiger partial charge on any atom is 0.573 e. The molecule has 164 valence electrons. The molecule has 0 spiro atoms. The standard InChI is InChI=1S/C23H17F3N2O4/c24-23(25,26)32-16-11-9-15(10-12-16)27-19(29)8-3-13-28-21(30)17-6-1-4-14-5-2-7-18(20(14)17)22(28)31/h1-2,4-7,9-12H,3,8,13H2,(H,27,29). The molecule has 9 heteroatoms. The third-order valence-corrected chi connectivity index (χ3v) is 5.01. The van der Waals surface area contributed by atoms with Gasteiger partial charge in [-0.1, -0.05) is 24.3 Å². The average Bonchev–Trinajstić information content (AvgIpc) is 2.74. The number of benzene rings is 3. The van der Waals surface area contributed by atoms with Gasteiger partial charge in [-0.3, -0.25) is 19.3 Å². The van der Waals surface area contributed by atoms with E-state index in [1.54, 1.807) is 24.3 Å². The second-order valence-corrected chi connectivity index (χ2v) is 7.20. The van der Waals surface area contributed by atoms with E-state index in [1.807, 2.05) is 12.1 Å². The van der Waals surface area contributed by atoms with Gasteiger partial charge in [-0.2, -0.15) is 0 Å². The lowest BCUT2D eigenvalue weighted by molar-refractivity contribution is -0.274. The second-order valence-electron chi connectivity index (χ2n) is 7.20. The lowest BCUT2D eigenvalue weighted by Crippen LogP contribution is -2.41. The van der Waals surface area contributed by atoms with E-state index < -0.39 is 29.8 Å². The van der Waals surface area contributed by atoms with E-state index in [9.17, 15) is 27.6 Å². The summed E-state index contributed by atoms with van der Waals surface area (Å²) in [5.41, 5.74) is 1.20. The number of alkyl halides is 3. The molecule has 0 aromatic heterocycles. The zero-order valence-electron chi connectivity index (χ0n) is 16.6. The van der Waals surface area contributed by atoms with E-state index in [4.69, 9.17) is 0 Å². The van der Waals surface area contributed by atoms with Gasteiger partial charge < -0.3 is 10.1 Å². The summed E-state index contributed by atoms with van der Waals surface area (Å²) in [6.07, 6.45) is -4.54. The number of ether oxygens (including phenoxy) is 1. The summed E-state index contributed by atoms with van der Waals surface area (Å²) < 4.78 is 40.4. The van der Waals surface area contributed by atoms with E-state index >= 15 is 0 Å². The van der Waals surface area contributed by atoms with Crippen molar-refractivity contribution in [3.8, 4) is 5.75 Å². The molecule has 0 bridgehead atoms. The summed E-state index contributed by atoms with van der Waals surface area (Å²) in [4.78, 5) is 39.0. The fraction of sp³-hybridized carbons (Fsp3) is 0.174. The second kappa shape index (κ2) is 8.33. The molecular weight excluding hydrogens is 425 g/mol. The van der Waals surface area contributed by atoms with Gasteiger partial charge in [0.15, 0.2) is 0 Å². The van der Waals surface area contributed by atoms with Crippen LogP contribution in [0.5, 0.6) is 5.75 Å². The maximum atomic E-state index is 12.8. The molecule has 3 aromatic carbocycles. The number of hydrogen-bond donors (Lipinski definition) is 1. The smallest absolute Gasteiger partial charge is 0.406 e. The third-order valence-electron chi connectivity index (χ3n) is 5.01. The Balaban J connectivity index is 1.35. The van der Waals surface area contributed by atoms with Gasteiger partial charge in [-0.25, -0.2) is 0 Å². The zero-order chi connectivity index (χ0) is 22.9. The van der Waals surface area contributed by atoms with Crippen molar-refractivity contribution in [2.75, 3.05) is 11.9 Å². The first-order valence-corrected chi connectivity index (χ1v) is 9.76. The van der Waals surface area contributed by atoms with Crippen LogP contribution in [0.2, 0.25) is 0 Å². The number of hydrogen-bond acceptors (Lipinski definition) is 4. The molecule has 6 nitrogen and oxygen atoms in total. The van der Waals surface area contributed by atoms with Crippen LogP contribution >= 0.6 is 0 Å². The number of anilines is 1. The first-order chi connectivity index (χ1) is 15.2. The van der Waals surface area contributed by atoms with Crippen LogP contribution in [0.4, 0.5) is 18.9 Å². The first-order valence-electron chi connectivity index (χ1n) is 9.76. The molecule has 4 rings (SSSR count). The molecule has 0 atom stereocenters. The highest BCUT2D eigenvalue weighted by Crippen LogP contribution is 2.30. The van der Waals surface area contributed by atoms with Crippen molar-refractivity contribution in [3.05, 3.63) is 71.8 Å². The van der Waals surface area contributed by atoms with Crippen LogP contribution in [0, 0.1) is 0 Å². The number of imide groups is 1. The molecule has 0 radical (unpaired) electrons. The third kappa shape index (κ3) is 4.41. The Morgan fingerprint density at radius 2 is 1.50 bits per heavy atom. The number of rotatable bonds is 6. The van der Waals surface area contributed by atoms with Crippen molar-refractivity contribution in [3.63, 3.8) is 0 Å². The summed E-state index contributed by atoms with van der Waals surface area (Å²) in [5.74, 6) is -1.60. The van der Waals surface area contributed by atoms with Gasteiger partial charge in [0, 0.05) is 35.2 Å². The molecule has 0 saturated heterocycles. The molecule has 1 N–H and O–H groups in total. The van der Waals surface area contributed by atoms with E-state index in [0.717, 1.165) is 22.4 Å². The van der Waals surface area contributed by atoms with Crippen molar-refractivity contribution in [1.29, 1.82) is 0 Å². The zero-order valence-corrected chi connectivity index (χ0v) is 16.6. The fourth-order valence-corrected chi connectivity index (χ4v) is 3.64. The van der Waals surface area contributed by atoms with Gasteiger partial charge in [0.05, 0.1) is 0 Å². The van der Waals surface area contributed by atoms with Gasteiger partial charge in [0.2, 0.25) is 5.91 Å². The van der Waals surface area contributed by atoms with Gasteiger partial charge in [-0.15, -0.1) is 13.2 Å². The molecule has 0 saturated carbocycles. The Morgan fingerprint density at radius 1 is 0.906 bits per heavy atom. The fourth-order valence-electron chi connectivity index (χ4n) is 3.64. The van der Waals surface area contributed by atoms with E-state index in [2.05, 4.69) is 10.1 Å². The summed E-state index contributed by atoms with van der Waals surface area (Å²) >= 11 is 0. The highest BCUT2D eigenvalue weighted by molar-refractivity contribution is 6.25. The summed E-state index contributed by atoms with van der Waals surface area (Å²) in [6, 6.07) is 15.3. The summed E-state index contributed by atoms with van der Waals surface area (Å²) in [5, 5.41) is 4.01. The van der Waals surface area contributed by atoms with Crippen LogP contribution in [0.1, 0.15) is 33.6 Å². The minimum Gasteiger partial charge on any atom is -0.406 e. The van der Waals surface area contributed by atoms with E-state index in [1.165, 1.54) is 12.1 Å². The maximum absolute atomic E-state index is 12.8. The first kappa shape index (κ1) is 21.4. The molecule has 3 aromatic rings. The topological polar surface area (TPSA) is 75.7 Å². The average molecular weight is 442 g/mol. The largest absolute Gasteiger partial charge is 0.573 e. The van der Waals surface area contributed by atoms with Crippen molar-refractivity contribution in [2.24, 2.45) is 0 Å². The molecular formula is C23H17F3N2O4. The number of carbonyl (C=O) groups is 3. The van der Waals surface area contributed by atoms with Crippen LogP contribution in [-0.2, 0) is 4.79 Å². The quantitative estimate of drug-likeness (QED) is 0.559. The highest BCUT2D eigenvalue weighted by atomic mass is 19.4. The Hall–Kier alpha value is -3.88. The highest BCUT2D eigenvalue weighted by Gasteiger charge is 2.32. The molecule has 1 aliphatic heterocycles. The Kier molecular flexibility index (Phi) is 5.56. The van der Waals surface area contributed by atoms with Crippen molar-refractivity contribution < 1.29 is 32.3 Å². The Labute approximate surface area is 180 Å². The molecule has 1 aliphatic rings. The molecule has 0 fully saturated rings. The number of amides is 3. The molecule has 32 heavy (non-hydrogen) atoms.